The van der Waals surface area contributed by atoms with Gasteiger partial charge in [-0.1, -0.05) is 29.8 Å². The van der Waals surface area contributed by atoms with Crippen LogP contribution in [0.5, 0.6) is 0 Å². The molecule has 20 heavy (non-hydrogen) atoms. The molecule has 0 bridgehead atoms. The molecule has 0 fully saturated rings. The summed E-state index contributed by atoms with van der Waals surface area (Å²) in [5.41, 5.74) is 1.96. The predicted octanol–water partition coefficient (Wildman–Crippen LogP) is 1.87. The van der Waals surface area contributed by atoms with Crippen LogP contribution in [-0.4, -0.2) is 13.5 Å². The minimum absolute atomic E-state index is 0.0641. The number of benzene rings is 1. The van der Waals surface area contributed by atoms with Gasteiger partial charge in [0.05, 0.1) is 0 Å². The fraction of sp³-hybridized carbons (Fsp3) is 0.286. The number of aryl methyl sites for hydroxylation is 2. The molecule has 2 N–H and O–H groups in total. The Morgan fingerprint density at radius 1 is 1.25 bits per heavy atom. The van der Waals surface area contributed by atoms with E-state index in [4.69, 9.17) is 9.52 Å². The molecule has 1 heterocycles. The highest BCUT2D eigenvalue weighted by atomic mass is 32.2. The quantitative estimate of drug-likeness (QED) is 0.882. The van der Waals surface area contributed by atoms with E-state index in [-0.39, 0.29) is 29.6 Å². The van der Waals surface area contributed by atoms with Gasteiger partial charge in [-0.3, -0.25) is 0 Å². The van der Waals surface area contributed by atoms with Crippen LogP contribution in [0.4, 0.5) is 0 Å². The summed E-state index contributed by atoms with van der Waals surface area (Å²) in [6.07, 6.45) is 0. The van der Waals surface area contributed by atoms with E-state index in [0.717, 1.165) is 11.1 Å². The summed E-state index contributed by atoms with van der Waals surface area (Å²) in [6, 6.07) is 8.95. The molecule has 0 atom stereocenters. The van der Waals surface area contributed by atoms with E-state index in [1.807, 2.05) is 31.2 Å². The molecule has 0 radical (unpaired) electrons. The van der Waals surface area contributed by atoms with Crippen molar-refractivity contribution < 1.29 is 17.9 Å². The Balaban J connectivity index is 2.17. The van der Waals surface area contributed by atoms with E-state index in [9.17, 15) is 8.42 Å². The molecular weight excluding hydrogens is 278 g/mol. The Morgan fingerprint density at radius 3 is 2.60 bits per heavy atom. The van der Waals surface area contributed by atoms with Crippen molar-refractivity contribution in [3.05, 3.63) is 53.0 Å². The van der Waals surface area contributed by atoms with Crippen molar-refractivity contribution in [3.8, 4) is 0 Å². The first-order valence-electron chi connectivity index (χ1n) is 6.18. The molecule has 108 valence electrons. The van der Waals surface area contributed by atoms with Crippen molar-refractivity contribution in [1.82, 2.24) is 4.72 Å². The van der Waals surface area contributed by atoms with Crippen molar-refractivity contribution in [3.63, 3.8) is 0 Å². The number of aliphatic hydroxyl groups excluding tert-OH is 1. The third kappa shape index (κ3) is 3.27. The molecule has 6 heteroatoms. The van der Waals surface area contributed by atoms with E-state index < -0.39 is 10.0 Å². The summed E-state index contributed by atoms with van der Waals surface area (Å²) in [5.74, 6) is 0.504. The zero-order chi connectivity index (χ0) is 14.8. The van der Waals surface area contributed by atoms with Crippen LogP contribution in [0.2, 0.25) is 0 Å². The first kappa shape index (κ1) is 14.8. The highest BCUT2D eigenvalue weighted by Crippen LogP contribution is 2.20. The molecule has 5 nitrogen and oxygen atoms in total. The molecule has 0 amide bonds. The van der Waals surface area contributed by atoms with E-state index in [1.54, 1.807) is 6.92 Å². The lowest BCUT2D eigenvalue weighted by Gasteiger charge is -2.06. The molecular formula is C14H17NO4S. The average Bonchev–Trinajstić information content (AvgIpc) is 2.79. The van der Waals surface area contributed by atoms with Gasteiger partial charge in [-0.05, 0) is 19.4 Å². The summed E-state index contributed by atoms with van der Waals surface area (Å²) >= 11 is 0. The molecule has 0 saturated heterocycles. The van der Waals surface area contributed by atoms with Crippen LogP contribution in [-0.2, 0) is 23.2 Å². The Hall–Kier alpha value is -1.63. The van der Waals surface area contributed by atoms with E-state index in [0.29, 0.717) is 0 Å². The Kier molecular flexibility index (Phi) is 4.27. The summed E-state index contributed by atoms with van der Waals surface area (Å²) in [5, 5.41) is 8.97. The maximum absolute atomic E-state index is 12.2. The van der Waals surface area contributed by atoms with Crippen molar-refractivity contribution in [2.24, 2.45) is 0 Å². The molecule has 0 aliphatic heterocycles. The number of rotatable bonds is 5. The van der Waals surface area contributed by atoms with Gasteiger partial charge in [-0.15, -0.1) is 0 Å². The number of aliphatic hydroxyl groups is 1. The summed E-state index contributed by atoms with van der Waals surface area (Å²) in [6.45, 7) is 3.39. The molecule has 0 unspecified atom stereocenters. The largest absolute Gasteiger partial charge is 0.462 e. The molecule has 0 aliphatic rings. The second-order valence-corrected chi connectivity index (χ2v) is 6.34. The second-order valence-electron chi connectivity index (χ2n) is 4.60. The van der Waals surface area contributed by atoms with Gasteiger partial charge >= 0.3 is 0 Å². The molecule has 2 rings (SSSR count). The predicted molar refractivity (Wildman–Crippen MR) is 74.6 cm³/mol. The highest BCUT2D eigenvalue weighted by molar-refractivity contribution is 7.89. The number of hydrogen-bond donors (Lipinski definition) is 2. The van der Waals surface area contributed by atoms with Crippen LogP contribution in [0.3, 0.4) is 0 Å². The van der Waals surface area contributed by atoms with Gasteiger partial charge in [0.1, 0.15) is 23.0 Å². The van der Waals surface area contributed by atoms with E-state index in [2.05, 4.69) is 4.72 Å². The highest BCUT2D eigenvalue weighted by Gasteiger charge is 2.20. The fourth-order valence-corrected chi connectivity index (χ4v) is 3.17. The Bertz CT molecular complexity index is 704. The first-order valence-corrected chi connectivity index (χ1v) is 7.66. The molecule has 0 spiro atoms. The van der Waals surface area contributed by atoms with Crippen LogP contribution in [0.25, 0.3) is 0 Å². The summed E-state index contributed by atoms with van der Waals surface area (Å²) < 4.78 is 32.1. The smallest absolute Gasteiger partial charge is 0.244 e. The monoisotopic (exact) mass is 295 g/mol. The van der Waals surface area contributed by atoms with Crippen molar-refractivity contribution in [2.45, 2.75) is 31.9 Å². The Labute approximate surface area is 118 Å². The van der Waals surface area contributed by atoms with Gasteiger partial charge in [-0.25, -0.2) is 13.1 Å². The van der Waals surface area contributed by atoms with Crippen LogP contribution < -0.4 is 4.72 Å². The molecule has 2 aromatic rings. The zero-order valence-electron chi connectivity index (χ0n) is 11.4. The van der Waals surface area contributed by atoms with Gasteiger partial charge < -0.3 is 9.52 Å². The van der Waals surface area contributed by atoms with Gasteiger partial charge in [0.2, 0.25) is 10.0 Å². The third-order valence-corrected chi connectivity index (χ3v) is 4.43. The lowest BCUT2D eigenvalue weighted by molar-refractivity contribution is 0.244. The van der Waals surface area contributed by atoms with Crippen LogP contribution in [0, 0.1) is 13.8 Å². The maximum atomic E-state index is 12.2. The third-order valence-electron chi connectivity index (χ3n) is 2.92. The minimum Gasteiger partial charge on any atom is -0.462 e. The number of hydrogen-bond acceptors (Lipinski definition) is 4. The first-order chi connectivity index (χ1) is 9.42. The van der Waals surface area contributed by atoms with Crippen molar-refractivity contribution in [1.29, 1.82) is 0 Å². The van der Waals surface area contributed by atoms with Crippen molar-refractivity contribution in [2.75, 3.05) is 0 Å². The SMILES string of the molecule is Cc1cccc(CNS(=O)(=O)c2cc(CO)oc2C)c1. The topological polar surface area (TPSA) is 79.5 Å². The lowest BCUT2D eigenvalue weighted by atomic mass is 10.1. The summed E-state index contributed by atoms with van der Waals surface area (Å²) in [7, 11) is -3.65. The number of sulfonamides is 1. The molecule has 0 aliphatic carbocycles. The summed E-state index contributed by atoms with van der Waals surface area (Å²) in [4.78, 5) is 0.0641. The van der Waals surface area contributed by atoms with Gasteiger partial charge in [0.25, 0.3) is 0 Å². The number of nitrogens with one attached hydrogen (secondary N) is 1. The fourth-order valence-electron chi connectivity index (χ4n) is 1.95. The van der Waals surface area contributed by atoms with Crippen molar-refractivity contribution >= 4 is 10.0 Å². The van der Waals surface area contributed by atoms with Crippen LogP contribution >= 0.6 is 0 Å². The van der Waals surface area contributed by atoms with Crippen LogP contribution in [0.15, 0.2) is 39.6 Å². The molecule has 1 aromatic carbocycles. The lowest BCUT2D eigenvalue weighted by Crippen LogP contribution is -2.23. The standard InChI is InChI=1S/C14H17NO4S/c1-10-4-3-5-12(6-10)8-15-20(17,18)14-7-13(9-16)19-11(14)2/h3-7,15-16H,8-9H2,1-2H3. The minimum atomic E-state index is -3.65. The van der Waals surface area contributed by atoms with Crippen LogP contribution in [0.1, 0.15) is 22.6 Å². The normalized spacial score (nSPS) is 11.8. The van der Waals surface area contributed by atoms with E-state index in [1.165, 1.54) is 6.07 Å². The average molecular weight is 295 g/mol. The molecule has 0 saturated carbocycles. The van der Waals surface area contributed by atoms with Gasteiger partial charge in [0.15, 0.2) is 0 Å². The Morgan fingerprint density at radius 2 is 2.00 bits per heavy atom. The molecule has 1 aromatic heterocycles. The van der Waals surface area contributed by atoms with Gasteiger partial charge in [-0.2, -0.15) is 0 Å². The number of furan rings is 1. The van der Waals surface area contributed by atoms with E-state index >= 15 is 0 Å². The maximum Gasteiger partial charge on any atom is 0.244 e. The zero-order valence-corrected chi connectivity index (χ0v) is 12.2. The second kappa shape index (κ2) is 5.78. The van der Waals surface area contributed by atoms with Gasteiger partial charge in [0, 0.05) is 12.6 Å².